The molecule has 5 heteroatoms. The predicted octanol–water partition coefficient (Wildman–Crippen LogP) is 1.77. The number of likely N-dealkylation sites (tertiary alicyclic amines) is 1. The first-order valence-corrected chi connectivity index (χ1v) is 7.36. The Morgan fingerprint density at radius 1 is 1.24 bits per heavy atom. The van der Waals surface area contributed by atoms with Crippen LogP contribution in [0.4, 0.5) is 0 Å². The first-order valence-electron chi connectivity index (χ1n) is 7.36. The van der Waals surface area contributed by atoms with Gasteiger partial charge in [0.1, 0.15) is 5.75 Å². The van der Waals surface area contributed by atoms with E-state index in [1.54, 1.807) is 23.1 Å². The van der Waals surface area contributed by atoms with Crippen molar-refractivity contribution in [3.63, 3.8) is 0 Å². The van der Waals surface area contributed by atoms with Crippen molar-refractivity contribution < 1.29 is 14.7 Å². The van der Waals surface area contributed by atoms with E-state index in [0.717, 1.165) is 12.8 Å². The van der Waals surface area contributed by atoms with Crippen molar-refractivity contribution in [3.05, 3.63) is 29.8 Å². The number of hydrogen-bond donors (Lipinski definition) is 2. The fourth-order valence-electron chi connectivity index (χ4n) is 2.42. The average molecular weight is 290 g/mol. The maximum atomic E-state index is 12.3. The number of benzene rings is 1. The molecular formula is C16H22N2O3. The number of carbonyl (C=O) groups excluding carboxylic acids is 2. The van der Waals surface area contributed by atoms with Crippen LogP contribution in [0.5, 0.6) is 5.75 Å². The molecule has 1 aliphatic heterocycles. The van der Waals surface area contributed by atoms with Gasteiger partial charge in [0, 0.05) is 25.0 Å². The largest absolute Gasteiger partial charge is 0.507 e. The Bertz CT molecular complexity index is 520. The summed E-state index contributed by atoms with van der Waals surface area (Å²) in [7, 11) is 0. The fraction of sp³-hybridized carbons (Fsp3) is 0.500. The summed E-state index contributed by atoms with van der Waals surface area (Å²) in [5.41, 5.74) is 0.335. The number of aromatic hydroxyl groups is 1. The number of nitrogens with one attached hydrogen (secondary N) is 1. The zero-order valence-electron chi connectivity index (χ0n) is 12.5. The van der Waals surface area contributed by atoms with Crippen LogP contribution in [0.1, 0.15) is 37.0 Å². The molecule has 0 saturated carbocycles. The van der Waals surface area contributed by atoms with E-state index in [0.29, 0.717) is 18.7 Å². The van der Waals surface area contributed by atoms with Gasteiger partial charge in [-0.1, -0.05) is 26.0 Å². The van der Waals surface area contributed by atoms with Crippen LogP contribution in [0.25, 0.3) is 0 Å². The van der Waals surface area contributed by atoms with Crippen molar-refractivity contribution >= 4 is 11.8 Å². The zero-order valence-corrected chi connectivity index (χ0v) is 12.5. The minimum atomic E-state index is -0.151. The molecule has 0 unspecified atom stereocenters. The van der Waals surface area contributed by atoms with Crippen LogP contribution in [0.2, 0.25) is 0 Å². The second-order valence-corrected chi connectivity index (χ2v) is 5.75. The number of hydrogen-bond acceptors (Lipinski definition) is 3. The maximum absolute atomic E-state index is 12.3. The van der Waals surface area contributed by atoms with Gasteiger partial charge in [-0.25, -0.2) is 0 Å². The minimum Gasteiger partial charge on any atom is -0.507 e. The zero-order chi connectivity index (χ0) is 15.4. The molecular weight excluding hydrogens is 268 g/mol. The Kier molecular flexibility index (Phi) is 4.83. The third-order valence-corrected chi connectivity index (χ3v) is 3.79. The van der Waals surface area contributed by atoms with E-state index in [9.17, 15) is 14.7 Å². The van der Waals surface area contributed by atoms with E-state index in [-0.39, 0.29) is 29.5 Å². The van der Waals surface area contributed by atoms with Crippen molar-refractivity contribution in [1.82, 2.24) is 10.2 Å². The average Bonchev–Trinajstić information content (AvgIpc) is 2.47. The molecule has 1 saturated heterocycles. The molecule has 21 heavy (non-hydrogen) atoms. The van der Waals surface area contributed by atoms with E-state index in [2.05, 4.69) is 5.32 Å². The lowest BCUT2D eigenvalue weighted by Crippen LogP contribution is -2.47. The van der Waals surface area contributed by atoms with Crippen molar-refractivity contribution in [3.8, 4) is 5.75 Å². The summed E-state index contributed by atoms with van der Waals surface area (Å²) in [5, 5.41) is 12.7. The van der Waals surface area contributed by atoms with E-state index < -0.39 is 0 Å². The Morgan fingerprint density at radius 2 is 1.86 bits per heavy atom. The van der Waals surface area contributed by atoms with Crippen molar-refractivity contribution in [1.29, 1.82) is 0 Å². The van der Waals surface area contributed by atoms with E-state index in [1.807, 2.05) is 13.8 Å². The molecule has 1 aromatic carbocycles. The van der Waals surface area contributed by atoms with E-state index >= 15 is 0 Å². The molecule has 2 rings (SSSR count). The van der Waals surface area contributed by atoms with Gasteiger partial charge in [0.2, 0.25) is 5.91 Å². The minimum absolute atomic E-state index is 0.0118. The van der Waals surface area contributed by atoms with E-state index in [4.69, 9.17) is 0 Å². The van der Waals surface area contributed by atoms with Gasteiger partial charge < -0.3 is 15.3 Å². The number of piperidine rings is 1. The lowest BCUT2D eigenvalue weighted by molar-refractivity contribution is -0.124. The molecule has 1 fully saturated rings. The number of phenolic OH excluding ortho intramolecular Hbond substituents is 1. The summed E-state index contributed by atoms with van der Waals surface area (Å²) >= 11 is 0. The summed E-state index contributed by atoms with van der Waals surface area (Å²) < 4.78 is 0. The van der Waals surface area contributed by atoms with Gasteiger partial charge in [-0.15, -0.1) is 0 Å². The van der Waals surface area contributed by atoms with Crippen molar-refractivity contribution in [2.24, 2.45) is 5.92 Å². The molecule has 0 aliphatic carbocycles. The summed E-state index contributed by atoms with van der Waals surface area (Å²) in [6, 6.07) is 6.71. The van der Waals surface area contributed by atoms with Gasteiger partial charge in [0.25, 0.3) is 5.91 Å². The third-order valence-electron chi connectivity index (χ3n) is 3.79. The molecule has 2 amide bonds. The van der Waals surface area contributed by atoms with Crippen LogP contribution < -0.4 is 5.32 Å². The molecule has 0 bridgehead atoms. The van der Waals surface area contributed by atoms with Gasteiger partial charge in [0.05, 0.1) is 5.56 Å². The van der Waals surface area contributed by atoms with Gasteiger partial charge in [-0.3, -0.25) is 9.59 Å². The van der Waals surface area contributed by atoms with Crippen LogP contribution in [0, 0.1) is 5.92 Å². The lowest BCUT2D eigenvalue weighted by Gasteiger charge is -2.32. The highest BCUT2D eigenvalue weighted by atomic mass is 16.3. The Labute approximate surface area is 125 Å². The number of phenols is 1. The Morgan fingerprint density at radius 3 is 2.43 bits per heavy atom. The number of rotatable bonds is 3. The van der Waals surface area contributed by atoms with Gasteiger partial charge in [0.15, 0.2) is 0 Å². The van der Waals surface area contributed by atoms with Crippen LogP contribution in [0.15, 0.2) is 24.3 Å². The molecule has 1 aromatic rings. The first-order chi connectivity index (χ1) is 9.99. The Hall–Kier alpha value is -2.04. The second kappa shape index (κ2) is 6.61. The molecule has 1 heterocycles. The fourth-order valence-corrected chi connectivity index (χ4v) is 2.42. The maximum Gasteiger partial charge on any atom is 0.257 e. The highest BCUT2D eigenvalue weighted by Gasteiger charge is 2.26. The highest BCUT2D eigenvalue weighted by molar-refractivity contribution is 5.96. The van der Waals surface area contributed by atoms with Crippen molar-refractivity contribution in [2.45, 2.75) is 32.7 Å². The topological polar surface area (TPSA) is 69.6 Å². The summed E-state index contributed by atoms with van der Waals surface area (Å²) in [5.74, 6) is -0.106. The third kappa shape index (κ3) is 3.74. The summed E-state index contributed by atoms with van der Waals surface area (Å²) in [4.78, 5) is 25.7. The first kappa shape index (κ1) is 15.4. The molecule has 114 valence electrons. The normalized spacial score (nSPS) is 16.0. The molecule has 5 nitrogen and oxygen atoms in total. The smallest absolute Gasteiger partial charge is 0.257 e. The van der Waals surface area contributed by atoms with E-state index in [1.165, 1.54) is 6.07 Å². The van der Waals surface area contributed by atoms with Crippen LogP contribution in [0.3, 0.4) is 0 Å². The standard InChI is InChI=1S/C16H22N2O3/c1-11(2)15(20)17-12-7-9-18(10-8-12)16(21)13-5-3-4-6-14(13)19/h3-6,11-12,19H,7-10H2,1-2H3,(H,17,20). The van der Waals surface area contributed by atoms with Crippen LogP contribution in [-0.4, -0.2) is 41.0 Å². The molecule has 0 atom stereocenters. The van der Waals surface area contributed by atoms with Gasteiger partial charge in [-0.05, 0) is 25.0 Å². The van der Waals surface area contributed by atoms with Gasteiger partial charge in [-0.2, -0.15) is 0 Å². The number of para-hydroxylation sites is 1. The quantitative estimate of drug-likeness (QED) is 0.891. The Balaban J connectivity index is 1.91. The highest BCUT2D eigenvalue weighted by Crippen LogP contribution is 2.20. The number of nitrogens with zero attached hydrogens (tertiary/aromatic N) is 1. The SMILES string of the molecule is CC(C)C(=O)NC1CCN(C(=O)c2ccccc2O)CC1. The molecule has 0 aromatic heterocycles. The molecule has 0 spiro atoms. The predicted molar refractivity (Wildman–Crippen MR) is 80.0 cm³/mol. The lowest BCUT2D eigenvalue weighted by atomic mass is 10.0. The monoisotopic (exact) mass is 290 g/mol. The molecule has 2 N–H and O–H groups in total. The summed E-state index contributed by atoms with van der Waals surface area (Å²) in [6.45, 7) is 4.92. The van der Waals surface area contributed by atoms with Crippen LogP contribution in [-0.2, 0) is 4.79 Å². The van der Waals surface area contributed by atoms with Crippen molar-refractivity contribution in [2.75, 3.05) is 13.1 Å². The second-order valence-electron chi connectivity index (χ2n) is 5.75. The van der Waals surface area contributed by atoms with Crippen LogP contribution >= 0.6 is 0 Å². The van der Waals surface area contributed by atoms with Gasteiger partial charge >= 0.3 is 0 Å². The number of amides is 2. The summed E-state index contributed by atoms with van der Waals surface area (Å²) in [6.07, 6.45) is 1.50. The molecule has 1 aliphatic rings. The molecule has 0 radical (unpaired) electrons. The number of carbonyl (C=O) groups is 2.